The fourth-order valence-electron chi connectivity index (χ4n) is 2.85. The van der Waals surface area contributed by atoms with E-state index in [4.69, 9.17) is 0 Å². The van der Waals surface area contributed by atoms with Crippen LogP contribution in [0.15, 0.2) is 24.3 Å². The Balaban J connectivity index is 1.99. The molecule has 2 rings (SSSR count). The van der Waals surface area contributed by atoms with E-state index in [0.717, 1.165) is 11.1 Å². The molecule has 1 heterocycles. The van der Waals surface area contributed by atoms with E-state index in [0.29, 0.717) is 25.9 Å². The van der Waals surface area contributed by atoms with E-state index in [2.05, 4.69) is 0 Å². The second-order valence-corrected chi connectivity index (χ2v) is 8.12. The van der Waals surface area contributed by atoms with Crippen LogP contribution in [-0.2, 0) is 20.6 Å². The average molecular weight is 324 g/mol. The summed E-state index contributed by atoms with van der Waals surface area (Å²) in [4.78, 5) is 13.5. The zero-order valence-electron chi connectivity index (χ0n) is 13.4. The molecule has 1 saturated heterocycles. The van der Waals surface area contributed by atoms with Crippen molar-refractivity contribution < 1.29 is 13.2 Å². The number of carbonyl (C=O) groups excluding carboxylic acids is 1. The summed E-state index contributed by atoms with van der Waals surface area (Å²) >= 11 is 0. The SMILES string of the molecule is Cc1cccc(CS(=O)(=O)N2CCC(C(=O)N(C)C)CC2)c1. The molecule has 0 spiro atoms. The number of benzene rings is 1. The van der Waals surface area contributed by atoms with Crippen molar-refractivity contribution in [2.75, 3.05) is 27.2 Å². The van der Waals surface area contributed by atoms with Crippen molar-refractivity contribution >= 4 is 15.9 Å². The highest BCUT2D eigenvalue weighted by Crippen LogP contribution is 2.23. The summed E-state index contributed by atoms with van der Waals surface area (Å²) in [6, 6.07) is 7.57. The van der Waals surface area contributed by atoms with E-state index in [-0.39, 0.29) is 17.6 Å². The van der Waals surface area contributed by atoms with Gasteiger partial charge in [-0.25, -0.2) is 12.7 Å². The number of hydrogen-bond donors (Lipinski definition) is 0. The molecule has 1 aliphatic rings. The maximum absolute atomic E-state index is 12.5. The molecule has 0 unspecified atom stereocenters. The molecule has 1 aromatic carbocycles. The zero-order chi connectivity index (χ0) is 16.3. The minimum atomic E-state index is -3.31. The molecule has 122 valence electrons. The van der Waals surface area contributed by atoms with Crippen molar-refractivity contribution in [3.63, 3.8) is 0 Å². The van der Waals surface area contributed by atoms with Crippen molar-refractivity contribution in [3.8, 4) is 0 Å². The summed E-state index contributed by atoms with van der Waals surface area (Å²) in [6.07, 6.45) is 1.20. The van der Waals surface area contributed by atoms with Gasteiger partial charge < -0.3 is 4.90 Å². The molecule has 1 aromatic rings. The van der Waals surface area contributed by atoms with Crippen LogP contribution >= 0.6 is 0 Å². The topological polar surface area (TPSA) is 57.7 Å². The van der Waals surface area contributed by atoms with E-state index >= 15 is 0 Å². The molecule has 0 saturated carbocycles. The first-order valence-corrected chi connectivity index (χ1v) is 9.15. The molecule has 22 heavy (non-hydrogen) atoms. The van der Waals surface area contributed by atoms with Gasteiger partial charge in [0.15, 0.2) is 0 Å². The third-order valence-corrected chi connectivity index (χ3v) is 5.92. The smallest absolute Gasteiger partial charge is 0.225 e. The van der Waals surface area contributed by atoms with Gasteiger partial charge in [0.2, 0.25) is 15.9 Å². The summed E-state index contributed by atoms with van der Waals surface area (Å²) in [5.74, 6) is 0.0668. The van der Waals surface area contributed by atoms with Crippen LogP contribution in [0.4, 0.5) is 0 Å². The number of amides is 1. The minimum absolute atomic E-state index is 0.0287. The van der Waals surface area contributed by atoms with Crippen LogP contribution in [0.1, 0.15) is 24.0 Å². The monoisotopic (exact) mass is 324 g/mol. The molecule has 0 aromatic heterocycles. The van der Waals surface area contributed by atoms with Crippen LogP contribution in [-0.4, -0.2) is 50.7 Å². The Kier molecular flexibility index (Phi) is 5.24. The lowest BCUT2D eigenvalue weighted by atomic mass is 9.97. The van der Waals surface area contributed by atoms with Crippen LogP contribution in [0.5, 0.6) is 0 Å². The molecule has 5 nitrogen and oxygen atoms in total. The van der Waals surface area contributed by atoms with Crippen LogP contribution in [0.2, 0.25) is 0 Å². The van der Waals surface area contributed by atoms with E-state index in [1.165, 1.54) is 4.31 Å². The van der Waals surface area contributed by atoms with Gasteiger partial charge >= 0.3 is 0 Å². The molecule has 1 aliphatic heterocycles. The molecule has 0 aliphatic carbocycles. The van der Waals surface area contributed by atoms with Gasteiger partial charge in [0, 0.05) is 33.1 Å². The third kappa shape index (κ3) is 4.08. The van der Waals surface area contributed by atoms with Crippen molar-refractivity contribution in [1.82, 2.24) is 9.21 Å². The number of rotatable bonds is 4. The summed E-state index contributed by atoms with van der Waals surface area (Å²) in [6.45, 7) is 2.81. The summed E-state index contributed by atoms with van der Waals surface area (Å²) in [5, 5.41) is 0. The van der Waals surface area contributed by atoms with Crippen molar-refractivity contribution in [2.24, 2.45) is 5.92 Å². The van der Waals surface area contributed by atoms with Crippen LogP contribution < -0.4 is 0 Å². The fraction of sp³-hybridized carbons (Fsp3) is 0.562. The predicted molar refractivity (Wildman–Crippen MR) is 86.8 cm³/mol. The number of carbonyl (C=O) groups is 1. The summed E-state index contributed by atoms with van der Waals surface area (Å²) < 4.78 is 26.5. The summed E-state index contributed by atoms with van der Waals surface area (Å²) in [7, 11) is 0.164. The zero-order valence-corrected chi connectivity index (χ0v) is 14.3. The highest BCUT2D eigenvalue weighted by Gasteiger charge is 2.31. The molecule has 6 heteroatoms. The Morgan fingerprint density at radius 1 is 1.27 bits per heavy atom. The Labute approximate surface area is 133 Å². The van der Waals surface area contributed by atoms with Crippen molar-refractivity contribution in [3.05, 3.63) is 35.4 Å². The lowest BCUT2D eigenvalue weighted by Gasteiger charge is -2.31. The lowest BCUT2D eigenvalue weighted by Crippen LogP contribution is -2.43. The number of aryl methyl sites for hydroxylation is 1. The van der Waals surface area contributed by atoms with Gasteiger partial charge in [-0.1, -0.05) is 29.8 Å². The Bertz CT molecular complexity index is 633. The number of nitrogens with zero attached hydrogens (tertiary/aromatic N) is 2. The van der Waals surface area contributed by atoms with Crippen molar-refractivity contribution in [1.29, 1.82) is 0 Å². The van der Waals surface area contributed by atoms with Gasteiger partial charge in [0.05, 0.1) is 5.75 Å². The first kappa shape index (κ1) is 17.0. The third-order valence-electron chi connectivity index (χ3n) is 4.07. The van der Waals surface area contributed by atoms with Gasteiger partial charge in [0.25, 0.3) is 0 Å². The Morgan fingerprint density at radius 3 is 2.45 bits per heavy atom. The number of sulfonamides is 1. The van der Waals surface area contributed by atoms with Gasteiger partial charge in [0.1, 0.15) is 0 Å². The van der Waals surface area contributed by atoms with Crippen molar-refractivity contribution in [2.45, 2.75) is 25.5 Å². The molecule has 1 amide bonds. The van der Waals surface area contributed by atoms with Crippen LogP contribution in [0, 0.1) is 12.8 Å². The second-order valence-electron chi connectivity index (χ2n) is 6.15. The van der Waals surface area contributed by atoms with Crippen LogP contribution in [0.25, 0.3) is 0 Å². The molecule has 0 N–H and O–H groups in total. The largest absolute Gasteiger partial charge is 0.349 e. The Hall–Kier alpha value is -1.40. The molecule has 0 radical (unpaired) electrons. The molecule has 0 atom stereocenters. The average Bonchev–Trinajstić information content (AvgIpc) is 2.46. The first-order valence-electron chi connectivity index (χ1n) is 7.54. The standard InChI is InChI=1S/C16H24N2O3S/c1-13-5-4-6-14(11-13)12-22(20,21)18-9-7-15(8-10-18)16(19)17(2)3/h4-6,11,15H,7-10,12H2,1-3H3. The lowest BCUT2D eigenvalue weighted by molar-refractivity contribution is -0.134. The van der Waals surface area contributed by atoms with E-state index in [1.807, 2.05) is 31.2 Å². The van der Waals surface area contributed by atoms with E-state index < -0.39 is 10.0 Å². The molecular weight excluding hydrogens is 300 g/mol. The number of piperidine rings is 1. The maximum Gasteiger partial charge on any atom is 0.225 e. The van der Waals surface area contributed by atoms with E-state index in [9.17, 15) is 13.2 Å². The normalized spacial score (nSPS) is 17.4. The second kappa shape index (κ2) is 6.79. The van der Waals surface area contributed by atoms with Gasteiger partial charge in [-0.05, 0) is 25.3 Å². The summed E-state index contributed by atoms with van der Waals surface area (Å²) in [5.41, 5.74) is 1.87. The minimum Gasteiger partial charge on any atom is -0.349 e. The van der Waals surface area contributed by atoms with E-state index in [1.54, 1.807) is 19.0 Å². The van der Waals surface area contributed by atoms with Gasteiger partial charge in [-0.3, -0.25) is 4.79 Å². The first-order chi connectivity index (χ1) is 10.3. The highest BCUT2D eigenvalue weighted by molar-refractivity contribution is 7.88. The van der Waals surface area contributed by atoms with Crippen LogP contribution in [0.3, 0.4) is 0 Å². The van der Waals surface area contributed by atoms with Gasteiger partial charge in [-0.2, -0.15) is 0 Å². The van der Waals surface area contributed by atoms with Gasteiger partial charge in [-0.15, -0.1) is 0 Å². The Morgan fingerprint density at radius 2 is 1.91 bits per heavy atom. The molecular formula is C16H24N2O3S. The maximum atomic E-state index is 12.5. The quantitative estimate of drug-likeness (QED) is 0.846. The fourth-order valence-corrected chi connectivity index (χ4v) is 4.40. The number of hydrogen-bond acceptors (Lipinski definition) is 3. The predicted octanol–water partition coefficient (Wildman–Crippen LogP) is 1.63. The highest BCUT2D eigenvalue weighted by atomic mass is 32.2. The molecule has 1 fully saturated rings. The molecule has 0 bridgehead atoms.